The molecule has 1 fully saturated rings. The number of halogens is 5. The van der Waals surface area contributed by atoms with E-state index in [0.29, 0.717) is 44.9 Å². The van der Waals surface area contributed by atoms with Crippen molar-refractivity contribution in [1.29, 1.82) is 0 Å². The number of carbonyl (C=O) groups is 3. The SMILES string of the molecule is CCOc1cc(/C=C2\SC(=O)N(CC(=O)Nc3cccc(C(F)(F)F)c3)C2=O)cc(Br)c1OCc1ccccc1Cl. The first kappa shape index (κ1) is 30.5. The van der Waals surface area contributed by atoms with E-state index < -0.39 is 35.3 Å². The smallest absolute Gasteiger partial charge is 0.416 e. The second-order valence-electron chi connectivity index (χ2n) is 8.54. The van der Waals surface area contributed by atoms with Crippen molar-refractivity contribution < 1.29 is 37.0 Å². The summed E-state index contributed by atoms with van der Waals surface area (Å²) in [6, 6.07) is 14.6. The van der Waals surface area contributed by atoms with Gasteiger partial charge in [0.15, 0.2) is 11.5 Å². The van der Waals surface area contributed by atoms with Crippen LogP contribution in [0.15, 0.2) is 70.0 Å². The molecular formula is C28H21BrClF3N2O5S. The highest BCUT2D eigenvalue weighted by molar-refractivity contribution is 9.10. The minimum absolute atomic E-state index is 0.0564. The number of benzene rings is 3. The lowest BCUT2D eigenvalue weighted by molar-refractivity contribution is -0.137. The summed E-state index contributed by atoms with van der Waals surface area (Å²) in [7, 11) is 0. The number of amides is 3. The highest BCUT2D eigenvalue weighted by atomic mass is 79.9. The molecule has 0 unspecified atom stereocenters. The Kier molecular flexibility index (Phi) is 9.67. The molecule has 0 aromatic heterocycles. The van der Waals surface area contributed by atoms with Gasteiger partial charge in [-0.3, -0.25) is 19.3 Å². The number of anilines is 1. The Morgan fingerprint density at radius 2 is 1.85 bits per heavy atom. The Balaban J connectivity index is 1.48. The first-order chi connectivity index (χ1) is 19.5. The quantitative estimate of drug-likeness (QED) is 0.235. The maximum Gasteiger partial charge on any atom is 0.416 e. The molecule has 0 bridgehead atoms. The van der Waals surface area contributed by atoms with Crippen LogP contribution in [0.25, 0.3) is 6.08 Å². The maximum atomic E-state index is 13.0. The molecule has 7 nitrogen and oxygen atoms in total. The zero-order chi connectivity index (χ0) is 29.7. The molecular weight excluding hydrogens is 649 g/mol. The Bertz CT molecular complexity index is 1530. The Morgan fingerprint density at radius 3 is 2.56 bits per heavy atom. The van der Waals surface area contributed by atoms with Crippen LogP contribution >= 0.6 is 39.3 Å². The molecule has 1 aliphatic rings. The third-order valence-corrected chi connectivity index (χ3v) is 7.47. The van der Waals surface area contributed by atoms with E-state index in [1.165, 1.54) is 12.1 Å². The van der Waals surface area contributed by atoms with Crippen LogP contribution in [-0.2, 0) is 22.4 Å². The minimum atomic E-state index is -4.59. The van der Waals surface area contributed by atoms with Crippen LogP contribution in [-0.4, -0.2) is 35.1 Å². The van der Waals surface area contributed by atoms with Crippen LogP contribution in [0.5, 0.6) is 11.5 Å². The summed E-state index contributed by atoms with van der Waals surface area (Å²) in [4.78, 5) is 38.7. The summed E-state index contributed by atoms with van der Waals surface area (Å²) in [5.74, 6) is -0.732. The van der Waals surface area contributed by atoms with E-state index in [1.807, 2.05) is 18.2 Å². The molecule has 3 amide bonds. The fraction of sp³-hybridized carbons (Fsp3) is 0.179. The summed E-state index contributed by atoms with van der Waals surface area (Å²) >= 11 is 10.3. The molecule has 214 valence electrons. The number of hydrogen-bond donors (Lipinski definition) is 1. The van der Waals surface area contributed by atoms with Gasteiger partial charge in [-0.15, -0.1) is 0 Å². The molecule has 3 aromatic carbocycles. The lowest BCUT2D eigenvalue weighted by atomic mass is 10.1. The van der Waals surface area contributed by atoms with Gasteiger partial charge in [0.2, 0.25) is 5.91 Å². The van der Waals surface area contributed by atoms with Crippen molar-refractivity contribution in [2.45, 2.75) is 19.7 Å². The predicted octanol–water partition coefficient (Wildman–Crippen LogP) is 7.77. The zero-order valence-electron chi connectivity index (χ0n) is 21.3. The number of imide groups is 1. The van der Waals surface area contributed by atoms with E-state index in [9.17, 15) is 27.6 Å². The van der Waals surface area contributed by atoms with Gasteiger partial charge in [-0.05, 0) is 82.7 Å². The normalized spacial score (nSPS) is 14.5. The van der Waals surface area contributed by atoms with Crippen LogP contribution in [0, 0.1) is 0 Å². The molecule has 0 aliphatic carbocycles. The van der Waals surface area contributed by atoms with Crippen molar-refractivity contribution in [1.82, 2.24) is 4.90 Å². The number of carbonyl (C=O) groups excluding carboxylic acids is 3. The Labute approximate surface area is 250 Å². The van der Waals surface area contributed by atoms with Gasteiger partial charge in [0.1, 0.15) is 13.2 Å². The highest BCUT2D eigenvalue weighted by Crippen LogP contribution is 2.40. The maximum absolute atomic E-state index is 13.0. The largest absolute Gasteiger partial charge is 0.490 e. The van der Waals surface area contributed by atoms with Crippen molar-refractivity contribution in [2.75, 3.05) is 18.5 Å². The summed E-state index contributed by atoms with van der Waals surface area (Å²) in [6.45, 7) is 1.64. The number of rotatable bonds is 9. The fourth-order valence-electron chi connectivity index (χ4n) is 3.74. The van der Waals surface area contributed by atoms with Crippen LogP contribution in [0.2, 0.25) is 5.02 Å². The number of nitrogens with zero attached hydrogens (tertiary/aromatic N) is 1. The molecule has 0 saturated carbocycles. The lowest BCUT2D eigenvalue weighted by Crippen LogP contribution is -2.36. The van der Waals surface area contributed by atoms with Gasteiger partial charge in [0.05, 0.1) is 21.5 Å². The monoisotopic (exact) mass is 668 g/mol. The van der Waals surface area contributed by atoms with Crippen molar-refractivity contribution in [3.63, 3.8) is 0 Å². The number of alkyl halides is 3. The Hall–Kier alpha value is -3.48. The first-order valence-corrected chi connectivity index (χ1v) is 14.0. The van der Waals surface area contributed by atoms with Crippen LogP contribution < -0.4 is 14.8 Å². The van der Waals surface area contributed by atoms with Gasteiger partial charge < -0.3 is 14.8 Å². The van der Waals surface area contributed by atoms with E-state index >= 15 is 0 Å². The molecule has 0 atom stereocenters. The van der Waals surface area contributed by atoms with Gasteiger partial charge in [0.25, 0.3) is 11.1 Å². The van der Waals surface area contributed by atoms with E-state index in [-0.39, 0.29) is 17.2 Å². The Morgan fingerprint density at radius 1 is 1.10 bits per heavy atom. The number of ether oxygens (including phenoxy) is 2. The fourth-order valence-corrected chi connectivity index (χ4v) is 5.35. The van der Waals surface area contributed by atoms with Gasteiger partial charge in [-0.2, -0.15) is 13.2 Å². The molecule has 1 aliphatic heterocycles. The van der Waals surface area contributed by atoms with Gasteiger partial charge in [0, 0.05) is 16.3 Å². The van der Waals surface area contributed by atoms with Crippen molar-refractivity contribution in [2.24, 2.45) is 0 Å². The summed E-state index contributed by atoms with van der Waals surface area (Å²) < 4.78 is 51.1. The highest BCUT2D eigenvalue weighted by Gasteiger charge is 2.36. The third kappa shape index (κ3) is 7.63. The van der Waals surface area contributed by atoms with E-state index in [4.69, 9.17) is 21.1 Å². The van der Waals surface area contributed by atoms with Gasteiger partial charge in [-0.25, -0.2) is 0 Å². The zero-order valence-corrected chi connectivity index (χ0v) is 24.4. The topological polar surface area (TPSA) is 84.9 Å². The number of hydrogen-bond acceptors (Lipinski definition) is 6. The second kappa shape index (κ2) is 13.0. The molecule has 1 N–H and O–H groups in total. The minimum Gasteiger partial charge on any atom is -0.490 e. The van der Waals surface area contributed by atoms with Crippen molar-refractivity contribution >= 4 is 68.1 Å². The van der Waals surface area contributed by atoms with Crippen molar-refractivity contribution in [3.05, 3.63) is 91.8 Å². The molecule has 0 radical (unpaired) electrons. The van der Waals surface area contributed by atoms with Crippen LogP contribution in [0.1, 0.15) is 23.6 Å². The molecule has 13 heteroatoms. The molecule has 3 aromatic rings. The number of nitrogens with one attached hydrogen (secondary N) is 1. The van der Waals surface area contributed by atoms with Crippen LogP contribution in [0.3, 0.4) is 0 Å². The van der Waals surface area contributed by atoms with Crippen LogP contribution in [0.4, 0.5) is 23.7 Å². The molecule has 1 saturated heterocycles. The average molecular weight is 670 g/mol. The molecule has 4 rings (SSSR count). The third-order valence-electron chi connectivity index (χ3n) is 5.61. The van der Waals surface area contributed by atoms with E-state index in [1.54, 1.807) is 25.1 Å². The second-order valence-corrected chi connectivity index (χ2v) is 10.8. The summed E-state index contributed by atoms with van der Waals surface area (Å²) in [6.07, 6.45) is -3.12. The summed E-state index contributed by atoms with van der Waals surface area (Å²) in [5.41, 5.74) is 0.238. The lowest BCUT2D eigenvalue weighted by Gasteiger charge is -2.15. The van der Waals surface area contributed by atoms with Gasteiger partial charge >= 0.3 is 6.18 Å². The molecule has 1 heterocycles. The number of thioether (sulfide) groups is 1. The predicted molar refractivity (Wildman–Crippen MR) is 154 cm³/mol. The van der Waals surface area contributed by atoms with Gasteiger partial charge in [-0.1, -0.05) is 35.9 Å². The van der Waals surface area contributed by atoms with E-state index in [2.05, 4.69) is 21.2 Å². The molecule has 41 heavy (non-hydrogen) atoms. The summed E-state index contributed by atoms with van der Waals surface area (Å²) in [5, 5.41) is 2.15. The average Bonchev–Trinajstić information content (AvgIpc) is 3.16. The van der Waals surface area contributed by atoms with Crippen molar-refractivity contribution in [3.8, 4) is 11.5 Å². The first-order valence-electron chi connectivity index (χ1n) is 12.0. The standard InChI is InChI=1S/C28H21BrClF3N2O5S/c1-2-39-22-11-16(10-20(29)25(22)40-15-17-6-3-4-9-21(17)30)12-23-26(37)35(27(38)41-23)14-24(36)34-19-8-5-7-18(13-19)28(31,32)33/h3-13H,2,14-15H2,1H3,(H,34,36)/b23-12-. The molecule has 0 spiro atoms. The van der Waals surface area contributed by atoms with E-state index in [0.717, 1.165) is 28.7 Å².